The molecule has 2 heterocycles. The quantitative estimate of drug-likeness (QED) is 0.686. The fraction of sp³-hybridized carbons (Fsp3) is 0.700. The van der Waals surface area contributed by atoms with Gasteiger partial charge in [0.05, 0.1) is 5.75 Å². The highest BCUT2D eigenvalue weighted by Gasteiger charge is 2.31. The van der Waals surface area contributed by atoms with Gasteiger partial charge in [0.2, 0.25) is 5.91 Å². The van der Waals surface area contributed by atoms with Gasteiger partial charge in [-0.1, -0.05) is 23.1 Å². The van der Waals surface area contributed by atoms with Crippen LogP contribution >= 0.6 is 35.3 Å². The average molecular weight is 289 g/mol. The molecule has 4 nitrogen and oxygen atoms in total. The lowest BCUT2D eigenvalue weighted by molar-refractivity contribution is -0.130. The molecule has 1 fully saturated rings. The molecule has 1 aliphatic heterocycles. The molecule has 0 bridgehead atoms. The molecule has 17 heavy (non-hydrogen) atoms. The summed E-state index contributed by atoms with van der Waals surface area (Å²) in [5, 5.41) is 6.75. The second-order valence-electron chi connectivity index (χ2n) is 4.24. The van der Waals surface area contributed by atoms with Crippen molar-refractivity contribution in [2.75, 3.05) is 5.75 Å². The van der Waals surface area contributed by atoms with Crippen molar-refractivity contribution in [2.45, 2.75) is 43.1 Å². The van der Waals surface area contributed by atoms with Crippen LogP contribution in [0.3, 0.4) is 0 Å². The van der Waals surface area contributed by atoms with Gasteiger partial charge in [-0.05, 0) is 38.9 Å². The largest absolute Gasteiger partial charge is 0.337 e. The van der Waals surface area contributed by atoms with Crippen LogP contribution in [-0.4, -0.2) is 38.8 Å². The summed E-state index contributed by atoms with van der Waals surface area (Å²) in [6, 6.07) is 0.742. The zero-order valence-corrected chi connectivity index (χ0v) is 12.3. The molecule has 2 atom stereocenters. The number of nitrogens with one attached hydrogen (secondary N) is 1. The highest BCUT2D eigenvalue weighted by Crippen LogP contribution is 2.26. The number of amides is 1. The van der Waals surface area contributed by atoms with Crippen molar-refractivity contribution in [3.63, 3.8) is 0 Å². The minimum Gasteiger partial charge on any atom is -0.337 e. The van der Waals surface area contributed by atoms with E-state index in [1.54, 1.807) is 0 Å². The summed E-state index contributed by atoms with van der Waals surface area (Å²) in [5.41, 5.74) is 0. The molecule has 0 radical (unpaired) electrons. The third-order valence-corrected chi connectivity index (χ3v) is 5.19. The molecule has 1 aromatic rings. The van der Waals surface area contributed by atoms with Gasteiger partial charge in [0.1, 0.15) is 0 Å². The maximum absolute atomic E-state index is 12.1. The van der Waals surface area contributed by atoms with Gasteiger partial charge in [-0.3, -0.25) is 9.89 Å². The van der Waals surface area contributed by atoms with Gasteiger partial charge in [0.15, 0.2) is 8.29 Å². The Kier molecular flexibility index (Phi) is 4.22. The summed E-state index contributed by atoms with van der Waals surface area (Å²) in [5.74, 6) is 0.652. The van der Waals surface area contributed by atoms with Crippen LogP contribution in [0.15, 0.2) is 4.34 Å². The molecule has 1 amide bonds. The Labute approximate surface area is 114 Å². The minimum atomic E-state index is 0.202. The summed E-state index contributed by atoms with van der Waals surface area (Å²) in [6.45, 7) is 4.23. The number of aromatic nitrogens is 2. The smallest absolute Gasteiger partial charge is 0.233 e. The minimum absolute atomic E-state index is 0.202. The number of likely N-dealkylation sites (tertiary alicyclic amines) is 1. The maximum atomic E-state index is 12.1. The summed E-state index contributed by atoms with van der Waals surface area (Å²) < 4.78 is 1.49. The SMILES string of the molecule is C[C@@H]1CC[C@H](C)N1C(=O)CSc1n[nH]c(=S)s1. The lowest BCUT2D eigenvalue weighted by atomic mass is 10.2. The molecule has 1 N–H and O–H groups in total. The van der Waals surface area contributed by atoms with E-state index >= 15 is 0 Å². The second kappa shape index (κ2) is 5.49. The molecule has 0 unspecified atom stereocenters. The predicted molar refractivity (Wildman–Crippen MR) is 73.0 cm³/mol. The van der Waals surface area contributed by atoms with Gasteiger partial charge in [0, 0.05) is 12.1 Å². The van der Waals surface area contributed by atoms with Crippen LogP contribution < -0.4 is 0 Å². The van der Waals surface area contributed by atoms with Crippen LogP contribution in [0.5, 0.6) is 0 Å². The first-order chi connectivity index (χ1) is 8.08. The van der Waals surface area contributed by atoms with E-state index in [1.165, 1.54) is 23.1 Å². The number of thioether (sulfide) groups is 1. The molecule has 1 aromatic heterocycles. The van der Waals surface area contributed by atoms with Crippen LogP contribution in [0, 0.1) is 3.95 Å². The van der Waals surface area contributed by atoms with Crippen LogP contribution in [-0.2, 0) is 4.79 Å². The summed E-state index contributed by atoms with van der Waals surface area (Å²) in [4.78, 5) is 14.1. The Balaban J connectivity index is 1.91. The molecule has 0 saturated carbocycles. The van der Waals surface area contributed by atoms with Gasteiger partial charge >= 0.3 is 0 Å². The molecule has 0 spiro atoms. The number of aromatic amines is 1. The summed E-state index contributed by atoms with van der Waals surface area (Å²) in [7, 11) is 0. The summed E-state index contributed by atoms with van der Waals surface area (Å²) in [6.07, 6.45) is 2.22. The van der Waals surface area contributed by atoms with Gasteiger partial charge in [-0.25, -0.2) is 0 Å². The van der Waals surface area contributed by atoms with E-state index < -0.39 is 0 Å². The lowest BCUT2D eigenvalue weighted by Gasteiger charge is -2.25. The van der Waals surface area contributed by atoms with E-state index in [1.807, 2.05) is 4.90 Å². The fourth-order valence-electron chi connectivity index (χ4n) is 2.16. The number of hydrogen-bond acceptors (Lipinski definition) is 5. The fourth-order valence-corrected chi connectivity index (χ4v) is 4.11. The Morgan fingerprint density at radius 3 is 2.76 bits per heavy atom. The number of rotatable bonds is 3. The van der Waals surface area contributed by atoms with Crippen LogP contribution in [0.1, 0.15) is 26.7 Å². The molecule has 0 aromatic carbocycles. The van der Waals surface area contributed by atoms with Crippen molar-refractivity contribution >= 4 is 41.2 Å². The normalized spacial score (nSPS) is 24.2. The van der Waals surface area contributed by atoms with Crippen molar-refractivity contribution in [1.82, 2.24) is 15.1 Å². The molecule has 2 rings (SSSR count). The van der Waals surface area contributed by atoms with E-state index in [-0.39, 0.29) is 5.91 Å². The second-order valence-corrected chi connectivity index (χ2v) is 7.13. The molecule has 94 valence electrons. The van der Waals surface area contributed by atoms with Crippen molar-refractivity contribution in [1.29, 1.82) is 0 Å². The zero-order chi connectivity index (χ0) is 12.4. The molecule has 7 heteroatoms. The van der Waals surface area contributed by atoms with Crippen molar-refractivity contribution < 1.29 is 4.79 Å². The first kappa shape index (κ1) is 13.0. The number of nitrogens with zero attached hydrogens (tertiary/aromatic N) is 2. The number of H-pyrrole nitrogens is 1. The Bertz CT molecular complexity index is 446. The Morgan fingerprint density at radius 1 is 1.59 bits per heavy atom. The van der Waals surface area contributed by atoms with Crippen molar-refractivity contribution in [3.05, 3.63) is 3.95 Å². The molecule has 0 aliphatic carbocycles. The van der Waals surface area contributed by atoms with E-state index in [0.29, 0.717) is 21.8 Å². The topological polar surface area (TPSA) is 49.0 Å². The third kappa shape index (κ3) is 3.08. The van der Waals surface area contributed by atoms with Crippen LogP contribution in [0.2, 0.25) is 0 Å². The summed E-state index contributed by atoms with van der Waals surface area (Å²) >= 11 is 7.82. The predicted octanol–water partition coefficient (Wildman–Crippen LogP) is 2.69. The molecular formula is C10H15N3OS3. The van der Waals surface area contributed by atoms with Gasteiger partial charge < -0.3 is 4.90 Å². The average Bonchev–Trinajstić information content (AvgIpc) is 2.83. The van der Waals surface area contributed by atoms with Crippen molar-refractivity contribution in [2.24, 2.45) is 0 Å². The molecule has 1 saturated heterocycles. The highest BCUT2D eigenvalue weighted by atomic mass is 32.2. The van der Waals surface area contributed by atoms with Crippen LogP contribution in [0.25, 0.3) is 0 Å². The Morgan fingerprint density at radius 2 is 2.24 bits per heavy atom. The van der Waals surface area contributed by atoms with E-state index in [4.69, 9.17) is 12.2 Å². The first-order valence-electron chi connectivity index (χ1n) is 5.57. The zero-order valence-electron chi connectivity index (χ0n) is 9.80. The Hall–Kier alpha value is -0.400. The number of carbonyl (C=O) groups is 1. The molecule has 1 aliphatic rings. The highest BCUT2D eigenvalue weighted by molar-refractivity contribution is 8.01. The number of carbonyl (C=O) groups excluding carboxylic acids is 1. The van der Waals surface area contributed by atoms with E-state index in [9.17, 15) is 4.79 Å². The molecular weight excluding hydrogens is 274 g/mol. The first-order valence-corrected chi connectivity index (χ1v) is 7.78. The lowest BCUT2D eigenvalue weighted by Crippen LogP contribution is -2.39. The monoisotopic (exact) mass is 289 g/mol. The van der Waals surface area contributed by atoms with Gasteiger partial charge in [-0.2, -0.15) is 5.10 Å². The number of hydrogen-bond donors (Lipinski definition) is 1. The van der Waals surface area contributed by atoms with Gasteiger partial charge in [0.25, 0.3) is 0 Å². The standard InChI is InChI=1S/C10H15N3OS3/c1-6-3-4-7(2)13(6)8(14)5-16-10-12-11-9(15)17-10/h6-7H,3-5H2,1-2H3,(H,11,15)/t6-,7+. The van der Waals surface area contributed by atoms with Gasteiger partial charge in [-0.15, -0.1) is 0 Å². The van der Waals surface area contributed by atoms with E-state index in [0.717, 1.165) is 17.2 Å². The third-order valence-electron chi connectivity index (χ3n) is 2.98. The maximum Gasteiger partial charge on any atom is 0.233 e. The van der Waals surface area contributed by atoms with Crippen LogP contribution in [0.4, 0.5) is 0 Å². The van der Waals surface area contributed by atoms with Crippen molar-refractivity contribution in [3.8, 4) is 0 Å². The van der Waals surface area contributed by atoms with E-state index in [2.05, 4.69) is 24.0 Å².